The van der Waals surface area contributed by atoms with Gasteiger partial charge in [0.25, 0.3) is 0 Å². The number of piperidine rings is 1. The van der Waals surface area contributed by atoms with Crippen LogP contribution in [0.3, 0.4) is 0 Å². The molecule has 0 bridgehead atoms. The van der Waals surface area contributed by atoms with Gasteiger partial charge < -0.3 is 10.2 Å². The monoisotopic (exact) mass is 224 g/mol. The molecule has 2 unspecified atom stereocenters. The number of carbonyl (C=O) groups excluding carboxylic acids is 1. The van der Waals surface area contributed by atoms with E-state index in [2.05, 4.69) is 32.7 Å². The molecule has 3 nitrogen and oxygen atoms in total. The van der Waals surface area contributed by atoms with Gasteiger partial charge in [-0.15, -0.1) is 6.58 Å². The summed E-state index contributed by atoms with van der Waals surface area (Å²) in [5.41, 5.74) is 0. The summed E-state index contributed by atoms with van der Waals surface area (Å²) in [5, 5.41) is 3.34. The van der Waals surface area contributed by atoms with Crippen LogP contribution in [-0.4, -0.2) is 35.5 Å². The van der Waals surface area contributed by atoms with Gasteiger partial charge in [-0.05, 0) is 26.2 Å². The molecular formula is C13H24N2O. The number of nitrogens with one attached hydrogen (secondary N) is 1. The number of rotatable bonds is 5. The lowest BCUT2D eigenvalue weighted by Gasteiger charge is -2.37. The van der Waals surface area contributed by atoms with Crippen molar-refractivity contribution in [1.82, 2.24) is 10.2 Å². The fourth-order valence-electron chi connectivity index (χ4n) is 2.26. The molecule has 0 radical (unpaired) electrons. The summed E-state index contributed by atoms with van der Waals surface area (Å²) < 4.78 is 0. The maximum absolute atomic E-state index is 12.2. The molecule has 1 saturated heterocycles. The Bertz CT molecular complexity index is 250. The molecule has 0 aromatic heterocycles. The largest absolute Gasteiger partial charge is 0.338 e. The summed E-state index contributed by atoms with van der Waals surface area (Å²) in [6, 6.07) is 0.659. The number of hydrogen-bond donors (Lipinski definition) is 1. The summed E-state index contributed by atoms with van der Waals surface area (Å²) in [6.45, 7) is 10.9. The molecule has 16 heavy (non-hydrogen) atoms. The Hall–Kier alpha value is -0.830. The van der Waals surface area contributed by atoms with Crippen LogP contribution in [0.25, 0.3) is 0 Å². The SMILES string of the molecule is C=CCC(C)N1CCCC(NC(C)C)C1=O. The van der Waals surface area contributed by atoms with Gasteiger partial charge in [0.1, 0.15) is 0 Å². The first kappa shape index (κ1) is 13.2. The molecule has 92 valence electrons. The van der Waals surface area contributed by atoms with Gasteiger partial charge in [0.15, 0.2) is 0 Å². The predicted octanol–water partition coefficient (Wildman–Crippen LogP) is 1.94. The molecule has 1 amide bonds. The molecule has 1 heterocycles. The molecule has 0 aromatic rings. The third-order valence-electron chi connectivity index (χ3n) is 3.05. The first-order valence-corrected chi connectivity index (χ1v) is 6.23. The van der Waals surface area contributed by atoms with E-state index in [9.17, 15) is 4.79 Å². The van der Waals surface area contributed by atoms with Gasteiger partial charge >= 0.3 is 0 Å². The lowest BCUT2D eigenvalue weighted by atomic mass is 10.0. The second-order valence-corrected chi connectivity index (χ2v) is 4.92. The Morgan fingerprint density at radius 2 is 2.25 bits per heavy atom. The van der Waals surface area contributed by atoms with Crippen molar-refractivity contribution in [2.45, 2.75) is 58.2 Å². The van der Waals surface area contributed by atoms with Crippen molar-refractivity contribution in [1.29, 1.82) is 0 Å². The molecule has 2 atom stereocenters. The Balaban J connectivity index is 2.59. The zero-order chi connectivity index (χ0) is 12.1. The highest BCUT2D eigenvalue weighted by Crippen LogP contribution is 2.16. The molecule has 1 aliphatic heterocycles. The van der Waals surface area contributed by atoms with Crippen molar-refractivity contribution in [2.24, 2.45) is 0 Å². The zero-order valence-electron chi connectivity index (χ0n) is 10.7. The first-order chi connectivity index (χ1) is 7.56. The van der Waals surface area contributed by atoms with Crippen LogP contribution in [-0.2, 0) is 4.79 Å². The molecule has 1 aliphatic rings. The molecule has 1 fully saturated rings. The van der Waals surface area contributed by atoms with Gasteiger partial charge in [-0.1, -0.05) is 19.9 Å². The van der Waals surface area contributed by atoms with Gasteiger partial charge in [0.05, 0.1) is 6.04 Å². The highest BCUT2D eigenvalue weighted by atomic mass is 16.2. The third kappa shape index (κ3) is 3.34. The number of carbonyl (C=O) groups is 1. The smallest absolute Gasteiger partial charge is 0.239 e. The van der Waals surface area contributed by atoms with Crippen LogP contribution in [0, 0.1) is 0 Å². The summed E-state index contributed by atoms with van der Waals surface area (Å²) in [6.07, 6.45) is 4.82. The Morgan fingerprint density at radius 1 is 1.56 bits per heavy atom. The normalized spacial score (nSPS) is 23.6. The van der Waals surface area contributed by atoms with E-state index in [1.807, 2.05) is 11.0 Å². The number of likely N-dealkylation sites (tertiary alicyclic amines) is 1. The minimum absolute atomic E-state index is 0.0148. The maximum Gasteiger partial charge on any atom is 0.239 e. The van der Waals surface area contributed by atoms with Gasteiger partial charge in [-0.25, -0.2) is 0 Å². The Labute approximate surface area is 98.9 Å². The van der Waals surface area contributed by atoms with E-state index in [4.69, 9.17) is 0 Å². The fraction of sp³-hybridized carbons (Fsp3) is 0.769. The molecule has 3 heteroatoms. The van der Waals surface area contributed by atoms with Crippen LogP contribution in [0.4, 0.5) is 0 Å². The molecule has 0 saturated carbocycles. The molecule has 0 spiro atoms. The fourth-order valence-corrected chi connectivity index (χ4v) is 2.26. The summed E-state index contributed by atoms with van der Waals surface area (Å²) in [7, 11) is 0. The standard InChI is InChI=1S/C13H24N2O/c1-5-7-11(4)15-9-6-8-12(13(15)16)14-10(2)3/h5,10-12,14H,1,6-9H2,2-4H3. The highest BCUT2D eigenvalue weighted by molar-refractivity contribution is 5.83. The van der Waals surface area contributed by atoms with Crippen molar-refractivity contribution in [3.8, 4) is 0 Å². The summed E-state index contributed by atoms with van der Waals surface area (Å²) in [4.78, 5) is 14.2. The van der Waals surface area contributed by atoms with E-state index in [1.54, 1.807) is 0 Å². The predicted molar refractivity (Wildman–Crippen MR) is 67.3 cm³/mol. The Morgan fingerprint density at radius 3 is 2.81 bits per heavy atom. The maximum atomic E-state index is 12.2. The van der Waals surface area contributed by atoms with Gasteiger partial charge in [0.2, 0.25) is 5.91 Å². The van der Waals surface area contributed by atoms with Crippen molar-refractivity contribution in [2.75, 3.05) is 6.54 Å². The van der Waals surface area contributed by atoms with Crippen LogP contribution >= 0.6 is 0 Å². The number of hydrogen-bond acceptors (Lipinski definition) is 2. The first-order valence-electron chi connectivity index (χ1n) is 6.23. The quantitative estimate of drug-likeness (QED) is 0.724. The van der Waals surface area contributed by atoms with Crippen LogP contribution < -0.4 is 5.32 Å². The summed E-state index contributed by atoms with van der Waals surface area (Å²) >= 11 is 0. The van der Waals surface area contributed by atoms with Gasteiger partial charge in [-0.2, -0.15) is 0 Å². The molecule has 1 rings (SSSR count). The van der Waals surface area contributed by atoms with Gasteiger partial charge in [0, 0.05) is 18.6 Å². The van der Waals surface area contributed by atoms with Crippen molar-refractivity contribution in [3.63, 3.8) is 0 Å². The lowest BCUT2D eigenvalue weighted by Crippen LogP contribution is -2.54. The van der Waals surface area contributed by atoms with Crippen molar-refractivity contribution >= 4 is 5.91 Å². The zero-order valence-corrected chi connectivity index (χ0v) is 10.7. The van der Waals surface area contributed by atoms with Crippen molar-refractivity contribution < 1.29 is 4.79 Å². The minimum Gasteiger partial charge on any atom is -0.338 e. The highest BCUT2D eigenvalue weighted by Gasteiger charge is 2.30. The van der Waals surface area contributed by atoms with Crippen LogP contribution in [0.15, 0.2) is 12.7 Å². The molecular weight excluding hydrogens is 200 g/mol. The third-order valence-corrected chi connectivity index (χ3v) is 3.05. The minimum atomic E-state index is 0.0148. The second-order valence-electron chi connectivity index (χ2n) is 4.92. The number of amides is 1. The van der Waals surface area contributed by atoms with E-state index in [1.165, 1.54) is 0 Å². The summed E-state index contributed by atoms with van der Waals surface area (Å²) in [5.74, 6) is 0.259. The van der Waals surface area contributed by atoms with E-state index in [0.717, 1.165) is 25.8 Å². The Kier molecular flexibility index (Phi) is 5.00. The van der Waals surface area contributed by atoms with Crippen molar-refractivity contribution in [3.05, 3.63) is 12.7 Å². The average Bonchev–Trinajstić information content (AvgIpc) is 2.21. The van der Waals surface area contributed by atoms with E-state index in [-0.39, 0.29) is 18.0 Å². The van der Waals surface area contributed by atoms with Crippen LogP contribution in [0.2, 0.25) is 0 Å². The molecule has 0 aromatic carbocycles. The van der Waals surface area contributed by atoms with Crippen LogP contribution in [0.1, 0.15) is 40.0 Å². The van der Waals surface area contributed by atoms with Crippen LogP contribution in [0.5, 0.6) is 0 Å². The van der Waals surface area contributed by atoms with E-state index >= 15 is 0 Å². The lowest BCUT2D eigenvalue weighted by molar-refractivity contribution is -0.138. The van der Waals surface area contributed by atoms with E-state index < -0.39 is 0 Å². The van der Waals surface area contributed by atoms with E-state index in [0.29, 0.717) is 6.04 Å². The van der Waals surface area contributed by atoms with Gasteiger partial charge in [-0.3, -0.25) is 4.79 Å². The molecule has 1 N–H and O–H groups in total. The number of nitrogens with zero attached hydrogens (tertiary/aromatic N) is 1. The molecule has 0 aliphatic carbocycles. The second kappa shape index (κ2) is 6.04. The average molecular weight is 224 g/mol. The topological polar surface area (TPSA) is 32.3 Å².